The Kier molecular flexibility index (Phi) is 13.2. The van der Waals surface area contributed by atoms with Gasteiger partial charge in [0.25, 0.3) is 11.8 Å². The van der Waals surface area contributed by atoms with Gasteiger partial charge >= 0.3 is 0 Å². The molecular formula is C34H56N4O4P+. The first-order valence-corrected chi connectivity index (χ1v) is 18.4. The summed E-state index contributed by atoms with van der Waals surface area (Å²) in [6, 6.07) is 6.03. The quantitative estimate of drug-likeness (QED) is 0.278. The smallest absolute Gasteiger partial charge is 0.253 e. The zero-order valence-electron chi connectivity index (χ0n) is 27.4. The Morgan fingerprint density at radius 1 is 1.09 bits per heavy atom. The highest BCUT2D eigenvalue weighted by atomic mass is 31.1. The standard InChI is InChI=1S/C34H55N4O4P/c1-8-17-37(18-9-2)33(42)26-16-12-15-25(19-26)31(40)35-28(23-43(6)7)30(39)22-38-21-27-14-11-10-13-24(27)20-29(38)32(41)36-34(3,4)5/h12,15-16,19,24,27-30,39H,6,8-11,13-14,17-18,20-23H2,1-5,7H3,(H-,35,36,40,41)/p+1. The number of nitrogens with zero attached hydrogens (tertiary/aromatic N) is 2. The summed E-state index contributed by atoms with van der Waals surface area (Å²) in [5.41, 5.74) is 0.545. The Labute approximate surface area is 260 Å². The van der Waals surface area contributed by atoms with Crippen molar-refractivity contribution in [2.24, 2.45) is 11.8 Å². The minimum absolute atomic E-state index is 0.0147. The van der Waals surface area contributed by atoms with Gasteiger partial charge in [-0.3, -0.25) is 19.3 Å². The molecule has 1 heterocycles. The molecule has 1 saturated carbocycles. The Balaban J connectivity index is 1.77. The predicted molar refractivity (Wildman–Crippen MR) is 178 cm³/mol. The zero-order chi connectivity index (χ0) is 31.7. The van der Waals surface area contributed by atoms with Gasteiger partial charge in [-0.05, 0) is 76.5 Å². The molecule has 3 rings (SSSR count). The fraction of sp³-hybridized carbons (Fsp3) is 0.706. The minimum Gasteiger partial charge on any atom is -0.389 e. The van der Waals surface area contributed by atoms with E-state index in [2.05, 4.69) is 21.8 Å². The number of carbonyl (C=O) groups excluding carboxylic acids is 3. The van der Waals surface area contributed by atoms with Crippen molar-refractivity contribution in [1.29, 1.82) is 0 Å². The van der Waals surface area contributed by atoms with E-state index in [1.54, 1.807) is 24.3 Å². The highest BCUT2D eigenvalue weighted by Gasteiger charge is 2.42. The van der Waals surface area contributed by atoms with E-state index < -0.39 is 19.7 Å². The summed E-state index contributed by atoms with van der Waals surface area (Å²) < 4.78 is 0. The number of hydrogen-bond acceptors (Lipinski definition) is 5. The Morgan fingerprint density at radius 2 is 1.72 bits per heavy atom. The van der Waals surface area contributed by atoms with Gasteiger partial charge in [0.05, 0.1) is 38.7 Å². The first-order chi connectivity index (χ1) is 20.3. The summed E-state index contributed by atoms with van der Waals surface area (Å²) in [5, 5.41) is 17.8. The van der Waals surface area contributed by atoms with E-state index in [1.165, 1.54) is 12.8 Å². The molecule has 1 aliphatic carbocycles. The molecule has 0 bridgehead atoms. The van der Waals surface area contributed by atoms with Gasteiger partial charge in [0.2, 0.25) is 5.91 Å². The molecule has 0 radical (unpaired) electrons. The fourth-order valence-electron chi connectivity index (χ4n) is 6.68. The number of amides is 3. The van der Waals surface area contributed by atoms with E-state index in [1.807, 2.05) is 46.2 Å². The molecular weight excluding hydrogens is 559 g/mol. The molecule has 6 atom stereocenters. The average Bonchev–Trinajstić information content (AvgIpc) is 2.94. The van der Waals surface area contributed by atoms with Gasteiger partial charge < -0.3 is 20.6 Å². The first-order valence-electron chi connectivity index (χ1n) is 16.3. The highest BCUT2D eigenvalue weighted by Crippen LogP contribution is 2.39. The van der Waals surface area contributed by atoms with Crippen LogP contribution in [0.2, 0.25) is 0 Å². The molecule has 43 heavy (non-hydrogen) atoms. The molecule has 0 aromatic heterocycles. The minimum atomic E-state index is -0.866. The van der Waals surface area contributed by atoms with Gasteiger partial charge in [0, 0.05) is 42.8 Å². The number of rotatable bonds is 13. The van der Waals surface area contributed by atoms with Crippen molar-refractivity contribution in [3.8, 4) is 0 Å². The van der Waals surface area contributed by atoms with Crippen LogP contribution in [0.15, 0.2) is 24.3 Å². The Bertz CT molecular complexity index is 1110. The van der Waals surface area contributed by atoms with Crippen molar-refractivity contribution >= 4 is 31.6 Å². The monoisotopic (exact) mass is 615 g/mol. The van der Waals surface area contributed by atoms with E-state index in [-0.39, 0.29) is 29.3 Å². The third-order valence-corrected chi connectivity index (χ3v) is 9.68. The summed E-state index contributed by atoms with van der Waals surface area (Å²) >= 11 is 0. The van der Waals surface area contributed by atoms with Crippen molar-refractivity contribution in [2.45, 2.75) is 103 Å². The topological polar surface area (TPSA) is 102 Å². The molecule has 1 saturated heterocycles. The summed E-state index contributed by atoms with van der Waals surface area (Å²) in [5.74, 6) is 0.693. The van der Waals surface area contributed by atoms with Crippen LogP contribution in [-0.2, 0) is 4.79 Å². The van der Waals surface area contributed by atoms with Crippen LogP contribution in [0, 0.1) is 11.8 Å². The SMILES string of the molecule is C=[P+](C)CC(NC(=O)c1cccc(C(=O)N(CCC)CCC)c1)C(O)CN1CC2CCCCC2CC1C(=O)NC(C)(C)C. The largest absolute Gasteiger partial charge is 0.389 e. The molecule has 8 nitrogen and oxygen atoms in total. The third-order valence-electron chi connectivity index (χ3n) is 8.66. The fourth-order valence-corrected chi connectivity index (χ4v) is 7.68. The lowest BCUT2D eigenvalue weighted by Gasteiger charge is -2.47. The predicted octanol–water partition coefficient (Wildman–Crippen LogP) is 4.75. The van der Waals surface area contributed by atoms with Crippen LogP contribution in [0.3, 0.4) is 0 Å². The molecule has 0 spiro atoms. The third kappa shape index (κ3) is 10.4. The van der Waals surface area contributed by atoms with Crippen molar-refractivity contribution in [3.05, 3.63) is 35.4 Å². The second-order valence-corrected chi connectivity index (χ2v) is 15.9. The maximum Gasteiger partial charge on any atom is 0.253 e. The summed E-state index contributed by atoms with van der Waals surface area (Å²) in [6.45, 7) is 14.5. The molecule has 240 valence electrons. The summed E-state index contributed by atoms with van der Waals surface area (Å²) in [6.07, 6.45) is 11.2. The number of piperidine rings is 1. The summed E-state index contributed by atoms with van der Waals surface area (Å²) in [4.78, 5) is 44.1. The number of fused-ring (bicyclic) bond motifs is 1. The number of aliphatic hydroxyl groups excluding tert-OH is 1. The van der Waals surface area contributed by atoms with Crippen molar-refractivity contribution in [1.82, 2.24) is 20.4 Å². The Hall–Kier alpha value is -2.28. The number of β-amino-alcohol motifs (C(OH)–C–C–N with tert-alkyl or cyclic N) is 1. The van der Waals surface area contributed by atoms with Gasteiger partial charge in [0.15, 0.2) is 0 Å². The van der Waals surface area contributed by atoms with Crippen molar-refractivity contribution < 1.29 is 19.5 Å². The van der Waals surface area contributed by atoms with Crippen LogP contribution in [-0.4, -0.2) is 102 Å². The highest BCUT2D eigenvalue weighted by molar-refractivity contribution is 7.55. The molecule has 2 fully saturated rings. The van der Waals surface area contributed by atoms with Crippen LogP contribution in [0.4, 0.5) is 0 Å². The van der Waals surface area contributed by atoms with Crippen LogP contribution in [0.1, 0.15) is 100 Å². The van der Waals surface area contributed by atoms with E-state index >= 15 is 0 Å². The van der Waals surface area contributed by atoms with Gasteiger partial charge in [-0.1, -0.05) is 39.2 Å². The van der Waals surface area contributed by atoms with E-state index in [4.69, 9.17) is 0 Å². The average molecular weight is 616 g/mol. The molecule has 3 amide bonds. The lowest BCUT2D eigenvalue weighted by atomic mass is 9.72. The van der Waals surface area contributed by atoms with Gasteiger partial charge in [0.1, 0.15) is 6.16 Å². The van der Waals surface area contributed by atoms with Crippen molar-refractivity contribution in [3.63, 3.8) is 0 Å². The molecule has 1 aromatic carbocycles. The van der Waals surface area contributed by atoms with E-state index in [9.17, 15) is 19.5 Å². The lowest BCUT2D eigenvalue weighted by molar-refractivity contribution is -0.132. The normalized spacial score (nSPS) is 22.6. The molecule has 3 N–H and O–H groups in total. The van der Waals surface area contributed by atoms with Crippen LogP contribution in [0.25, 0.3) is 0 Å². The van der Waals surface area contributed by atoms with Gasteiger partial charge in [-0.2, -0.15) is 0 Å². The molecule has 6 unspecified atom stereocenters. The lowest BCUT2D eigenvalue weighted by Crippen LogP contribution is -2.60. The number of nitrogens with one attached hydrogen (secondary N) is 2. The van der Waals surface area contributed by atoms with Crippen LogP contribution >= 0.6 is 7.55 Å². The number of likely N-dealkylation sites (tertiary alicyclic amines) is 1. The van der Waals surface area contributed by atoms with E-state index in [0.29, 0.717) is 48.8 Å². The number of benzene rings is 1. The van der Waals surface area contributed by atoms with Crippen molar-refractivity contribution in [2.75, 3.05) is 39.0 Å². The maximum atomic E-state index is 13.5. The second kappa shape index (κ2) is 16.2. The second-order valence-electron chi connectivity index (χ2n) is 13.8. The van der Waals surface area contributed by atoms with Crippen LogP contribution < -0.4 is 10.6 Å². The summed E-state index contributed by atoms with van der Waals surface area (Å²) in [7, 11) is -0.667. The van der Waals surface area contributed by atoms with Gasteiger partial charge in [-0.15, -0.1) is 0 Å². The zero-order valence-corrected chi connectivity index (χ0v) is 28.3. The van der Waals surface area contributed by atoms with Gasteiger partial charge in [-0.25, -0.2) is 0 Å². The Morgan fingerprint density at radius 3 is 2.33 bits per heavy atom. The first kappa shape index (κ1) is 35.2. The maximum absolute atomic E-state index is 13.5. The molecule has 9 heteroatoms. The molecule has 2 aliphatic rings. The van der Waals surface area contributed by atoms with E-state index in [0.717, 1.165) is 38.6 Å². The molecule has 1 aromatic rings. The number of hydrogen-bond donors (Lipinski definition) is 3. The number of aliphatic hydroxyl groups is 1. The number of carbonyl (C=O) groups is 3. The van der Waals surface area contributed by atoms with Crippen LogP contribution in [0.5, 0.6) is 0 Å². The molecule has 1 aliphatic heterocycles.